The lowest BCUT2D eigenvalue weighted by molar-refractivity contribution is -0.141. The van der Waals surface area contributed by atoms with E-state index in [1.165, 1.54) is 16.7 Å². The minimum absolute atomic E-state index is 0.0890. The van der Waals surface area contributed by atoms with Crippen LogP contribution in [0.3, 0.4) is 0 Å². The highest BCUT2D eigenvalue weighted by Crippen LogP contribution is 2.33. The van der Waals surface area contributed by atoms with Gasteiger partial charge in [-0.2, -0.15) is 0 Å². The Morgan fingerprint density at radius 3 is 2.60 bits per heavy atom. The highest BCUT2D eigenvalue weighted by molar-refractivity contribution is 8.00. The monoisotopic (exact) mass is 304 g/mol. The molecular formula is C13H24N2O4S. The van der Waals surface area contributed by atoms with E-state index >= 15 is 0 Å². The number of hydrogen-bond donors (Lipinski definition) is 2. The highest BCUT2D eigenvalue weighted by Gasteiger charge is 2.42. The highest BCUT2D eigenvalue weighted by atomic mass is 32.2. The molecule has 0 aromatic rings. The van der Waals surface area contributed by atoms with Gasteiger partial charge in [-0.3, -0.25) is 4.90 Å². The Morgan fingerprint density at radius 1 is 1.45 bits per heavy atom. The van der Waals surface area contributed by atoms with E-state index in [-0.39, 0.29) is 23.2 Å². The first-order valence-corrected chi connectivity index (χ1v) is 7.82. The summed E-state index contributed by atoms with van der Waals surface area (Å²) in [5.74, 6) is -0.0913. The van der Waals surface area contributed by atoms with Gasteiger partial charge in [0.05, 0.1) is 12.0 Å². The Balaban J connectivity index is 2.67. The van der Waals surface area contributed by atoms with Crippen LogP contribution in [0, 0.1) is 11.8 Å². The third-order valence-corrected chi connectivity index (χ3v) is 4.80. The van der Waals surface area contributed by atoms with E-state index in [9.17, 15) is 14.7 Å². The molecule has 1 aliphatic heterocycles. The zero-order chi connectivity index (χ0) is 15.3. The number of carboxylic acids is 1. The van der Waals surface area contributed by atoms with Gasteiger partial charge in [-0.1, -0.05) is 20.8 Å². The van der Waals surface area contributed by atoms with Gasteiger partial charge in [0.25, 0.3) is 0 Å². The summed E-state index contributed by atoms with van der Waals surface area (Å²) in [4.78, 5) is 25.0. The molecule has 1 rings (SSSR count). The molecule has 0 aliphatic carbocycles. The zero-order valence-corrected chi connectivity index (χ0v) is 13.3. The molecule has 3 unspecified atom stereocenters. The van der Waals surface area contributed by atoms with Crippen molar-refractivity contribution in [2.24, 2.45) is 11.8 Å². The Morgan fingerprint density at radius 2 is 2.10 bits per heavy atom. The lowest BCUT2D eigenvalue weighted by atomic mass is 10.1. The summed E-state index contributed by atoms with van der Waals surface area (Å²) < 4.78 is 5.02. The van der Waals surface area contributed by atoms with Crippen LogP contribution in [0.4, 0.5) is 4.79 Å². The molecule has 0 spiro atoms. The lowest BCUT2D eigenvalue weighted by Crippen LogP contribution is -2.52. The molecule has 3 atom stereocenters. The Kier molecular flexibility index (Phi) is 6.61. The number of thioether (sulfide) groups is 1. The number of aliphatic carboxylic acids is 1. The van der Waals surface area contributed by atoms with E-state index in [0.717, 1.165) is 0 Å². The fourth-order valence-corrected chi connectivity index (χ4v) is 3.66. The third kappa shape index (κ3) is 4.28. The maximum absolute atomic E-state index is 12.3. The number of amides is 2. The molecule has 2 N–H and O–H groups in total. The summed E-state index contributed by atoms with van der Waals surface area (Å²) >= 11 is 1.53. The Bertz CT molecular complexity index is 351. The molecule has 1 fully saturated rings. The molecular weight excluding hydrogens is 280 g/mol. The van der Waals surface area contributed by atoms with Crippen LogP contribution < -0.4 is 5.32 Å². The van der Waals surface area contributed by atoms with E-state index in [2.05, 4.69) is 5.32 Å². The Hall–Kier alpha value is -0.950. The van der Waals surface area contributed by atoms with Gasteiger partial charge in [0.15, 0.2) is 0 Å². The molecule has 2 amide bonds. The van der Waals surface area contributed by atoms with Crippen molar-refractivity contribution in [3.8, 4) is 0 Å². The van der Waals surface area contributed by atoms with Gasteiger partial charge in [-0.05, 0) is 11.8 Å². The number of nitrogens with one attached hydrogen (secondary N) is 1. The average Bonchev–Trinajstić information content (AvgIpc) is 2.81. The quantitative estimate of drug-likeness (QED) is 0.777. The standard InChI is InChI=1S/C13H24N2O4S/c1-8(2)11-15(10(7-20-11)12(16)17)13(18)14-5-9(3)6-19-4/h8-11H,5-7H2,1-4H3,(H,14,18)(H,16,17). The third-order valence-electron chi connectivity index (χ3n) is 3.18. The topological polar surface area (TPSA) is 78.9 Å². The number of ether oxygens (including phenoxy) is 1. The van der Waals surface area contributed by atoms with E-state index in [1.807, 2.05) is 20.8 Å². The number of methoxy groups -OCH3 is 1. The van der Waals surface area contributed by atoms with Crippen molar-refractivity contribution in [3.63, 3.8) is 0 Å². The summed E-state index contributed by atoms with van der Waals surface area (Å²) in [6.45, 7) is 7.00. The minimum atomic E-state index is -0.944. The number of urea groups is 1. The van der Waals surface area contributed by atoms with Crippen LogP contribution in [0.1, 0.15) is 20.8 Å². The molecule has 0 radical (unpaired) electrons. The summed E-state index contributed by atoms with van der Waals surface area (Å²) in [5, 5.41) is 12.0. The molecule has 6 nitrogen and oxygen atoms in total. The first kappa shape index (κ1) is 17.1. The minimum Gasteiger partial charge on any atom is -0.480 e. The number of nitrogens with zero attached hydrogens (tertiary/aromatic N) is 1. The number of carboxylic acid groups (broad SMARTS) is 1. The van der Waals surface area contributed by atoms with E-state index in [4.69, 9.17) is 4.74 Å². The number of rotatable bonds is 6. The van der Waals surface area contributed by atoms with Gasteiger partial charge >= 0.3 is 12.0 Å². The van der Waals surface area contributed by atoms with Crippen LogP contribution >= 0.6 is 11.8 Å². The average molecular weight is 304 g/mol. The van der Waals surface area contributed by atoms with Crippen molar-refractivity contribution >= 4 is 23.8 Å². The molecule has 0 saturated carbocycles. The first-order valence-electron chi connectivity index (χ1n) is 6.78. The van der Waals surface area contributed by atoms with E-state index < -0.39 is 12.0 Å². The van der Waals surface area contributed by atoms with Crippen LogP contribution in [0.2, 0.25) is 0 Å². The van der Waals surface area contributed by atoms with Crippen molar-refractivity contribution in [2.75, 3.05) is 26.0 Å². The maximum Gasteiger partial charge on any atom is 0.327 e. The van der Waals surface area contributed by atoms with Gasteiger partial charge in [0.2, 0.25) is 0 Å². The fourth-order valence-electron chi connectivity index (χ4n) is 2.18. The molecule has 0 aromatic carbocycles. The summed E-state index contributed by atoms with van der Waals surface area (Å²) in [5.41, 5.74) is 0. The molecule has 1 aliphatic rings. The zero-order valence-electron chi connectivity index (χ0n) is 12.5. The van der Waals surface area contributed by atoms with Crippen molar-refractivity contribution in [3.05, 3.63) is 0 Å². The maximum atomic E-state index is 12.3. The molecule has 0 aromatic heterocycles. The number of carbonyl (C=O) groups excluding carboxylic acids is 1. The predicted octanol–water partition coefficient (Wildman–Crippen LogP) is 1.46. The summed E-state index contributed by atoms with van der Waals surface area (Å²) in [7, 11) is 1.62. The SMILES string of the molecule is COCC(C)CNC(=O)N1C(C(=O)O)CSC1C(C)C. The molecule has 7 heteroatoms. The second-order valence-corrected chi connectivity index (χ2v) is 6.63. The van der Waals surface area contributed by atoms with Crippen LogP contribution in [0.15, 0.2) is 0 Å². The van der Waals surface area contributed by atoms with Gasteiger partial charge in [-0.15, -0.1) is 11.8 Å². The second-order valence-electron chi connectivity index (χ2n) is 5.48. The van der Waals surface area contributed by atoms with Crippen molar-refractivity contribution < 1.29 is 19.4 Å². The fraction of sp³-hybridized carbons (Fsp3) is 0.846. The van der Waals surface area contributed by atoms with Crippen LogP contribution in [0.5, 0.6) is 0 Å². The largest absolute Gasteiger partial charge is 0.480 e. The van der Waals surface area contributed by atoms with E-state index in [1.54, 1.807) is 7.11 Å². The summed E-state index contributed by atoms with van der Waals surface area (Å²) in [6, 6.07) is -1.05. The van der Waals surface area contributed by atoms with Crippen LogP contribution in [-0.2, 0) is 9.53 Å². The van der Waals surface area contributed by atoms with Crippen LogP contribution in [-0.4, -0.2) is 59.4 Å². The summed E-state index contributed by atoms with van der Waals surface area (Å²) in [6.07, 6.45) is 0. The van der Waals surface area contributed by atoms with Crippen molar-refractivity contribution in [2.45, 2.75) is 32.2 Å². The number of hydrogen-bond acceptors (Lipinski definition) is 4. The van der Waals surface area contributed by atoms with Gasteiger partial charge in [0.1, 0.15) is 6.04 Å². The molecule has 1 heterocycles. The van der Waals surface area contributed by atoms with E-state index in [0.29, 0.717) is 18.9 Å². The van der Waals surface area contributed by atoms with Gasteiger partial charge < -0.3 is 15.2 Å². The van der Waals surface area contributed by atoms with Crippen molar-refractivity contribution in [1.29, 1.82) is 0 Å². The second kappa shape index (κ2) is 7.73. The Labute approximate surface area is 124 Å². The van der Waals surface area contributed by atoms with Crippen molar-refractivity contribution in [1.82, 2.24) is 10.2 Å². The molecule has 1 saturated heterocycles. The normalized spacial score (nSPS) is 23.9. The van der Waals surface area contributed by atoms with Gasteiger partial charge in [-0.25, -0.2) is 9.59 Å². The van der Waals surface area contributed by atoms with Gasteiger partial charge in [0, 0.05) is 19.4 Å². The predicted molar refractivity (Wildman–Crippen MR) is 78.8 cm³/mol. The number of carbonyl (C=O) groups is 2. The first-order chi connectivity index (χ1) is 9.38. The smallest absolute Gasteiger partial charge is 0.327 e. The lowest BCUT2D eigenvalue weighted by Gasteiger charge is -2.30. The molecule has 20 heavy (non-hydrogen) atoms. The van der Waals surface area contributed by atoms with Crippen LogP contribution in [0.25, 0.3) is 0 Å². The molecule has 0 bridgehead atoms. The molecule has 116 valence electrons.